The summed E-state index contributed by atoms with van der Waals surface area (Å²) in [6.07, 6.45) is 0. The molecule has 1 atom stereocenters. The number of aryl methyl sites for hydroxylation is 2. The molecule has 18 heavy (non-hydrogen) atoms. The summed E-state index contributed by atoms with van der Waals surface area (Å²) in [4.78, 5) is 0. The lowest BCUT2D eigenvalue weighted by molar-refractivity contribution is 0.408. The fourth-order valence-electron chi connectivity index (χ4n) is 2.27. The van der Waals surface area contributed by atoms with E-state index in [4.69, 9.17) is 16.3 Å². The zero-order valence-electron chi connectivity index (χ0n) is 10.9. The Balaban J connectivity index is 2.41. The van der Waals surface area contributed by atoms with Crippen LogP contribution in [-0.2, 0) is 0 Å². The smallest absolute Gasteiger partial charge is 0.124 e. The van der Waals surface area contributed by atoms with Crippen LogP contribution in [0.25, 0.3) is 0 Å². The summed E-state index contributed by atoms with van der Waals surface area (Å²) in [5.74, 6) is 0.940. The van der Waals surface area contributed by atoms with E-state index in [-0.39, 0.29) is 5.38 Å². The summed E-state index contributed by atoms with van der Waals surface area (Å²) >= 11 is 6.53. The van der Waals surface area contributed by atoms with Crippen LogP contribution in [0.15, 0.2) is 42.5 Å². The maximum absolute atomic E-state index is 6.53. The Kier molecular flexibility index (Phi) is 3.93. The highest BCUT2D eigenvalue weighted by molar-refractivity contribution is 6.22. The lowest BCUT2D eigenvalue weighted by Crippen LogP contribution is -1.97. The second-order valence-electron chi connectivity index (χ2n) is 4.46. The minimum atomic E-state index is -0.116. The SMILES string of the molecule is COc1c(C)cc(C(Cl)c2ccccc2)cc1C. The molecular weight excluding hydrogens is 244 g/mol. The van der Waals surface area contributed by atoms with Crippen LogP contribution >= 0.6 is 11.6 Å². The van der Waals surface area contributed by atoms with E-state index in [2.05, 4.69) is 12.1 Å². The third-order valence-corrected chi connectivity index (χ3v) is 3.58. The van der Waals surface area contributed by atoms with Gasteiger partial charge < -0.3 is 4.74 Å². The molecule has 0 amide bonds. The predicted molar refractivity (Wildman–Crippen MR) is 76.6 cm³/mol. The first-order valence-electron chi connectivity index (χ1n) is 5.97. The van der Waals surface area contributed by atoms with Crippen molar-refractivity contribution < 1.29 is 4.74 Å². The Labute approximate surface area is 113 Å². The minimum absolute atomic E-state index is 0.116. The molecule has 2 heteroatoms. The van der Waals surface area contributed by atoms with Gasteiger partial charge in [-0.05, 0) is 36.1 Å². The number of methoxy groups -OCH3 is 1. The number of hydrogen-bond donors (Lipinski definition) is 0. The van der Waals surface area contributed by atoms with Gasteiger partial charge in [0.25, 0.3) is 0 Å². The highest BCUT2D eigenvalue weighted by atomic mass is 35.5. The highest BCUT2D eigenvalue weighted by Crippen LogP contribution is 2.33. The molecular formula is C16H17ClO. The highest BCUT2D eigenvalue weighted by Gasteiger charge is 2.13. The first-order chi connectivity index (χ1) is 8.63. The van der Waals surface area contributed by atoms with Crippen LogP contribution in [0.1, 0.15) is 27.6 Å². The molecule has 0 N–H and O–H groups in total. The van der Waals surface area contributed by atoms with Crippen molar-refractivity contribution in [1.29, 1.82) is 0 Å². The Morgan fingerprint density at radius 2 is 1.50 bits per heavy atom. The summed E-state index contributed by atoms with van der Waals surface area (Å²) in [5.41, 5.74) is 4.46. The van der Waals surface area contributed by atoms with Crippen LogP contribution in [0.3, 0.4) is 0 Å². The van der Waals surface area contributed by atoms with Gasteiger partial charge in [-0.3, -0.25) is 0 Å². The number of halogens is 1. The Morgan fingerprint density at radius 1 is 0.944 bits per heavy atom. The van der Waals surface area contributed by atoms with Crippen molar-refractivity contribution >= 4 is 11.6 Å². The van der Waals surface area contributed by atoms with E-state index in [1.807, 2.05) is 44.2 Å². The normalized spacial score (nSPS) is 12.2. The van der Waals surface area contributed by atoms with Gasteiger partial charge in [-0.15, -0.1) is 11.6 Å². The van der Waals surface area contributed by atoms with Crippen molar-refractivity contribution in [2.24, 2.45) is 0 Å². The van der Waals surface area contributed by atoms with Crippen molar-refractivity contribution in [3.05, 3.63) is 64.7 Å². The topological polar surface area (TPSA) is 9.23 Å². The molecule has 0 radical (unpaired) electrons. The standard InChI is InChI=1S/C16H17ClO/c1-11-9-14(10-12(2)16(11)18-3)15(17)13-7-5-4-6-8-13/h4-10,15H,1-3H3. The molecule has 94 valence electrons. The van der Waals surface area contributed by atoms with Gasteiger partial charge in [-0.25, -0.2) is 0 Å². The maximum Gasteiger partial charge on any atom is 0.124 e. The Bertz CT molecular complexity index is 511. The number of ether oxygens (including phenoxy) is 1. The van der Waals surface area contributed by atoms with Crippen molar-refractivity contribution in [2.75, 3.05) is 7.11 Å². The summed E-state index contributed by atoms with van der Waals surface area (Å²) in [6, 6.07) is 14.3. The minimum Gasteiger partial charge on any atom is -0.496 e. The predicted octanol–water partition coefficient (Wildman–Crippen LogP) is 4.64. The first kappa shape index (κ1) is 13.0. The first-order valence-corrected chi connectivity index (χ1v) is 6.41. The van der Waals surface area contributed by atoms with Gasteiger partial charge in [0, 0.05) is 0 Å². The molecule has 0 spiro atoms. The van der Waals surface area contributed by atoms with Crippen LogP contribution < -0.4 is 4.74 Å². The van der Waals surface area contributed by atoms with Crippen molar-refractivity contribution in [3.8, 4) is 5.75 Å². The molecule has 0 aliphatic rings. The number of rotatable bonds is 3. The molecule has 0 heterocycles. The Hall–Kier alpha value is -1.47. The van der Waals surface area contributed by atoms with E-state index < -0.39 is 0 Å². The average molecular weight is 261 g/mol. The molecule has 2 aromatic rings. The van der Waals surface area contributed by atoms with Gasteiger partial charge in [0.05, 0.1) is 12.5 Å². The summed E-state index contributed by atoms with van der Waals surface area (Å²) in [5, 5.41) is -0.116. The summed E-state index contributed by atoms with van der Waals surface area (Å²) in [7, 11) is 1.70. The van der Waals surface area contributed by atoms with E-state index in [9.17, 15) is 0 Å². The average Bonchev–Trinajstić information content (AvgIpc) is 2.38. The zero-order valence-corrected chi connectivity index (χ0v) is 11.7. The molecule has 0 bridgehead atoms. The zero-order chi connectivity index (χ0) is 13.1. The largest absolute Gasteiger partial charge is 0.496 e. The molecule has 2 rings (SSSR count). The van der Waals surface area contributed by atoms with Gasteiger partial charge >= 0.3 is 0 Å². The molecule has 1 nitrogen and oxygen atoms in total. The molecule has 0 fully saturated rings. The van der Waals surface area contributed by atoms with Crippen molar-refractivity contribution in [2.45, 2.75) is 19.2 Å². The van der Waals surface area contributed by atoms with Gasteiger partial charge in [-0.2, -0.15) is 0 Å². The van der Waals surface area contributed by atoms with E-state index in [1.54, 1.807) is 7.11 Å². The van der Waals surface area contributed by atoms with E-state index >= 15 is 0 Å². The Morgan fingerprint density at radius 3 is 2.00 bits per heavy atom. The van der Waals surface area contributed by atoms with Gasteiger partial charge in [-0.1, -0.05) is 42.5 Å². The summed E-state index contributed by atoms with van der Waals surface area (Å²) < 4.78 is 5.37. The number of benzene rings is 2. The van der Waals surface area contributed by atoms with Crippen LogP contribution in [0, 0.1) is 13.8 Å². The quantitative estimate of drug-likeness (QED) is 0.731. The van der Waals surface area contributed by atoms with Crippen LogP contribution in [0.4, 0.5) is 0 Å². The third kappa shape index (κ3) is 2.51. The second-order valence-corrected chi connectivity index (χ2v) is 4.90. The lowest BCUT2D eigenvalue weighted by Gasteiger charge is -2.15. The van der Waals surface area contributed by atoms with E-state index in [0.29, 0.717) is 0 Å². The van der Waals surface area contributed by atoms with Gasteiger partial charge in [0.1, 0.15) is 5.75 Å². The fourth-order valence-corrected chi connectivity index (χ4v) is 2.54. The fraction of sp³-hybridized carbons (Fsp3) is 0.250. The van der Waals surface area contributed by atoms with Crippen molar-refractivity contribution in [1.82, 2.24) is 0 Å². The van der Waals surface area contributed by atoms with Crippen LogP contribution in [-0.4, -0.2) is 7.11 Å². The van der Waals surface area contributed by atoms with E-state index in [0.717, 1.165) is 28.0 Å². The van der Waals surface area contributed by atoms with Crippen molar-refractivity contribution in [3.63, 3.8) is 0 Å². The van der Waals surface area contributed by atoms with Crippen LogP contribution in [0.5, 0.6) is 5.75 Å². The monoisotopic (exact) mass is 260 g/mol. The lowest BCUT2D eigenvalue weighted by atomic mass is 9.99. The molecule has 0 aliphatic carbocycles. The van der Waals surface area contributed by atoms with Gasteiger partial charge in [0.2, 0.25) is 0 Å². The van der Waals surface area contributed by atoms with Gasteiger partial charge in [0.15, 0.2) is 0 Å². The third-order valence-electron chi connectivity index (χ3n) is 3.07. The van der Waals surface area contributed by atoms with E-state index in [1.165, 1.54) is 0 Å². The molecule has 1 unspecified atom stereocenters. The number of alkyl halides is 1. The van der Waals surface area contributed by atoms with Crippen LogP contribution in [0.2, 0.25) is 0 Å². The second kappa shape index (κ2) is 5.45. The number of hydrogen-bond acceptors (Lipinski definition) is 1. The summed E-state index contributed by atoms with van der Waals surface area (Å²) in [6.45, 7) is 4.09. The molecule has 0 saturated carbocycles. The molecule has 0 saturated heterocycles. The molecule has 0 aliphatic heterocycles. The molecule has 2 aromatic carbocycles. The molecule has 0 aromatic heterocycles. The maximum atomic E-state index is 6.53.